The van der Waals surface area contributed by atoms with Gasteiger partial charge in [0.2, 0.25) is 0 Å². The molecule has 1 heterocycles. The summed E-state index contributed by atoms with van der Waals surface area (Å²) < 4.78 is 0. The molecule has 1 atom stereocenters. The standard InChI is InChI=1S/C16H27N3/c1-13(2)17-14-7-6-10-19(12-14)16-9-5-8-15(11-16)18(3)4/h5,8-9,11,13-14,17H,6-7,10,12H2,1-4H3. The molecular weight excluding hydrogens is 234 g/mol. The molecule has 19 heavy (non-hydrogen) atoms. The van der Waals surface area contributed by atoms with Crippen LogP contribution < -0.4 is 15.1 Å². The van der Waals surface area contributed by atoms with Gasteiger partial charge in [-0.25, -0.2) is 0 Å². The van der Waals surface area contributed by atoms with E-state index in [2.05, 4.69) is 67.3 Å². The van der Waals surface area contributed by atoms with Crippen LogP contribution in [0.2, 0.25) is 0 Å². The lowest BCUT2D eigenvalue weighted by Crippen LogP contribution is -2.47. The molecule has 1 N–H and O–H groups in total. The van der Waals surface area contributed by atoms with Crippen LogP contribution in [-0.2, 0) is 0 Å². The lowest BCUT2D eigenvalue weighted by Gasteiger charge is -2.36. The van der Waals surface area contributed by atoms with Crippen molar-refractivity contribution in [1.82, 2.24) is 5.32 Å². The highest BCUT2D eigenvalue weighted by Crippen LogP contribution is 2.24. The number of hydrogen-bond acceptors (Lipinski definition) is 3. The van der Waals surface area contributed by atoms with Gasteiger partial charge in [0.1, 0.15) is 0 Å². The van der Waals surface area contributed by atoms with E-state index in [0.717, 1.165) is 6.54 Å². The summed E-state index contributed by atoms with van der Waals surface area (Å²) >= 11 is 0. The summed E-state index contributed by atoms with van der Waals surface area (Å²) in [6, 6.07) is 10.0. The monoisotopic (exact) mass is 261 g/mol. The Morgan fingerprint density at radius 3 is 2.79 bits per heavy atom. The van der Waals surface area contributed by atoms with E-state index in [0.29, 0.717) is 12.1 Å². The number of benzene rings is 1. The highest BCUT2D eigenvalue weighted by molar-refractivity contribution is 5.59. The van der Waals surface area contributed by atoms with Gasteiger partial charge < -0.3 is 15.1 Å². The predicted molar refractivity (Wildman–Crippen MR) is 84.3 cm³/mol. The van der Waals surface area contributed by atoms with Crippen molar-refractivity contribution in [3.8, 4) is 0 Å². The SMILES string of the molecule is CC(C)NC1CCCN(c2cccc(N(C)C)c2)C1. The van der Waals surface area contributed by atoms with E-state index < -0.39 is 0 Å². The van der Waals surface area contributed by atoms with Crippen LogP contribution >= 0.6 is 0 Å². The van der Waals surface area contributed by atoms with Crippen molar-refractivity contribution in [2.24, 2.45) is 0 Å². The quantitative estimate of drug-likeness (QED) is 0.899. The lowest BCUT2D eigenvalue weighted by molar-refractivity contribution is 0.395. The second kappa shape index (κ2) is 6.29. The van der Waals surface area contributed by atoms with Crippen molar-refractivity contribution < 1.29 is 0 Å². The fraction of sp³-hybridized carbons (Fsp3) is 0.625. The van der Waals surface area contributed by atoms with Crippen molar-refractivity contribution in [2.75, 3.05) is 37.0 Å². The molecule has 0 saturated carbocycles. The predicted octanol–water partition coefficient (Wildman–Crippen LogP) is 2.72. The summed E-state index contributed by atoms with van der Waals surface area (Å²) in [4.78, 5) is 4.67. The van der Waals surface area contributed by atoms with Crippen LogP contribution in [0.25, 0.3) is 0 Å². The fourth-order valence-corrected chi connectivity index (χ4v) is 2.79. The summed E-state index contributed by atoms with van der Waals surface area (Å²) in [7, 11) is 4.19. The third-order valence-electron chi connectivity index (χ3n) is 3.70. The topological polar surface area (TPSA) is 18.5 Å². The molecular formula is C16H27N3. The molecule has 0 radical (unpaired) electrons. The van der Waals surface area contributed by atoms with Gasteiger partial charge in [0, 0.05) is 50.6 Å². The number of nitrogens with one attached hydrogen (secondary N) is 1. The first-order chi connectivity index (χ1) is 9.06. The van der Waals surface area contributed by atoms with Crippen LogP contribution in [0.5, 0.6) is 0 Å². The number of anilines is 2. The Morgan fingerprint density at radius 2 is 2.11 bits per heavy atom. The average molecular weight is 261 g/mol. The van der Waals surface area contributed by atoms with Gasteiger partial charge in [0.05, 0.1) is 0 Å². The van der Waals surface area contributed by atoms with Crippen molar-refractivity contribution in [2.45, 2.75) is 38.8 Å². The highest BCUT2D eigenvalue weighted by Gasteiger charge is 2.20. The molecule has 1 aliphatic heterocycles. The van der Waals surface area contributed by atoms with Crippen LogP contribution in [0, 0.1) is 0 Å². The number of piperidine rings is 1. The van der Waals surface area contributed by atoms with E-state index in [1.807, 2.05) is 0 Å². The second-order valence-electron chi connectivity index (χ2n) is 6.02. The average Bonchev–Trinajstić information content (AvgIpc) is 2.38. The Morgan fingerprint density at radius 1 is 1.32 bits per heavy atom. The normalized spacial score (nSPS) is 19.8. The Kier molecular flexibility index (Phi) is 4.70. The van der Waals surface area contributed by atoms with Crippen molar-refractivity contribution in [1.29, 1.82) is 0 Å². The Balaban J connectivity index is 2.06. The number of hydrogen-bond donors (Lipinski definition) is 1. The first kappa shape index (κ1) is 14.2. The molecule has 1 aromatic rings. The van der Waals surface area contributed by atoms with E-state index >= 15 is 0 Å². The van der Waals surface area contributed by atoms with Gasteiger partial charge in [0.25, 0.3) is 0 Å². The minimum absolute atomic E-state index is 0.568. The molecule has 0 bridgehead atoms. The van der Waals surface area contributed by atoms with Crippen LogP contribution in [0.4, 0.5) is 11.4 Å². The molecule has 2 rings (SSSR count). The number of rotatable bonds is 4. The van der Waals surface area contributed by atoms with E-state index in [4.69, 9.17) is 0 Å². The van der Waals surface area contributed by atoms with Gasteiger partial charge >= 0.3 is 0 Å². The molecule has 3 nitrogen and oxygen atoms in total. The van der Waals surface area contributed by atoms with Gasteiger partial charge in [-0.05, 0) is 31.0 Å². The van der Waals surface area contributed by atoms with Crippen LogP contribution in [0.15, 0.2) is 24.3 Å². The maximum absolute atomic E-state index is 3.67. The Labute approximate surface area is 117 Å². The molecule has 1 fully saturated rings. The van der Waals surface area contributed by atoms with Gasteiger partial charge in [-0.1, -0.05) is 19.9 Å². The molecule has 3 heteroatoms. The molecule has 0 aliphatic carbocycles. The zero-order chi connectivity index (χ0) is 13.8. The first-order valence-electron chi connectivity index (χ1n) is 7.34. The summed E-state index contributed by atoms with van der Waals surface area (Å²) in [6.45, 7) is 6.75. The zero-order valence-corrected chi connectivity index (χ0v) is 12.7. The molecule has 0 amide bonds. The van der Waals surface area contributed by atoms with Crippen LogP contribution in [-0.4, -0.2) is 39.3 Å². The van der Waals surface area contributed by atoms with E-state index in [1.165, 1.54) is 30.8 Å². The highest BCUT2D eigenvalue weighted by atomic mass is 15.2. The molecule has 1 saturated heterocycles. The smallest absolute Gasteiger partial charge is 0.0387 e. The van der Waals surface area contributed by atoms with E-state index in [1.54, 1.807) is 0 Å². The van der Waals surface area contributed by atoms with Crippen molar-refractivity contribution in [3.05, 3.63) is 24.3 Å². The van der Waals surface area contributed by atoms with Crippen molar-refractivity contribution in [3.63, 3.8) is 0 Å². The maximum atomic E-state index is 3.67. The molecule has 1 aliphatic rings. The largest absolute Gasteiger partial charge is 0.378 e. The third kappa shape index (κ3) is 3.87. The zero-order valence-electron chi connectivity index (χ0n) is 12.7. The van der Waals surface area contributed by atoms with Gasteiger partial charge in [-0.15, -0.1) is 0 Å². The maximum Gasteiger partial charge on any atom is 0.0387 e. The van der Waals surface area contributed by atoms with E-state index in [-0.39, 0.29) is 0 Å². The van der Waals surface area contributed by atoms with Crippen LogP contribution in [0.1, 0.15) is 26.7 Å². The molecule has 1 unspecified atom stereocenters. The summed E-state index contributed by atoms with van der Waals surface area (Å²) in [6.07, 6.45) is 2.57. The third-order valence-corrected chi connectivity index (χ3v) is 3.70. The van der Waals surface area contributed by atoms with Crippen molar-refractivity contribution >= 4 is 11.4 Å². The Hall–Kier alpha value is -1.22. The van der Waals surface area contributed by atoms with Gasteiger partial charge in [-0.3, -0.25) is 0 Å². The fourth-order valence-electron chi connectivity index (χ4n) is 2.79. The molecule has 0 aromatic heterocycles. The summed E-state index contributed by atoms with van der Waals surface area (Å²) in [5, 5.41) is 3.67. The van der Waals surface area contributed by atoms with Gasteiger partial charge in [0.15, 0.2) is 0 Å². The summed E-state index contributed by atoms with van der Waals surface area (Å²) in [5.41, 5.74) is 2.62. The molecule has 0 spiro atoms. The minimum atomic E-state index is 0.568. The van der Waals surface area contributed by atoms with E-state index in [9.17, 15) is 0 Å². The minimum Gasteiger partial charge on any atom is -0.378 e. The molecule has 1 aromatic carbocycles. The first-order valence-corrected chi connectivity index (χ1v) is 7.34. The molecule has 106 valence electrons. The second-order valence-corrected chi connectivity index (χ2v) is 6.02. The lowest BCUT2D eigenvalue weighted by atomic mass is 10.0. The van der Waals surface area contributed by atoms with Gasteiger partial charge in [-0.2, -0.15) is 0 Å². The summed E-state index contributed by atoms with van der Waals surface area (Å²) in [5.74, 6) is 0. The number of nitrogens with zero attached hydrogens (tertiary/aromatic N) is 2. The van der Waals surface area contributed by atoms with Crippen LogP contribution in [0.3, 0.4) is 0 Å². The Bertz CT molecular complexity index is 401.